The molecule has 0 unspecified atom stereocenters. The number of phenolic OH excluding ortho intramolecular Hbond substituents is 1. The van der Waals surface area contributed by atoms with E-state index in [4.69, 9.17) is 13.9 Å². The molecule has 5 rings (SSSR count). The summed E-state index contributed by atoms with van der Waals surface area (Å²) in [5.74, 6) is -1.23. The second kappa shape index (κ2) is 10.0. The lowest BCUT2D eigenvalue weighted by Crippen LogP contribution is -2.36. The SMILES string of the molecule is COCc1cc(=O)c(O)c([C@H](CC(=O)N2CCc3c([nH]c4ccccc34)C2)c2ccc(O)c(OC)c2)o1. The lowest BCUT2D eigenvalue weighted by Gasteiger charge is -2.29. The van der Waals surface area contributed by atoms with E-state index in [9.17, 15) is 19.8 Å². The van der Waals surface area contributed by atoms with E-state index in [1.165, 1.54) is 37.3 Å². The summed E-state index contributed by atoms with van der Waals surface area (Å²) in [6, 6.07) is 13.9. The molecule has 0 aliphatic carbocycles. The van der Waals surface area contributed by atoms with Crippen molar-refractivity contribution in [2.24, 2.45) is 0 Å². The van der Waals surface area contributed by atoms with E-state index < -0.39 is 17.1 Å². The molecule has 2 aromatic heterocycles. The van der Waals surface area contributed by atoms with Crippen molar-refractivity contribution in [3.05, 3.63) is 87.1 Å². The summed E-state index contributed by atoms with van der Waals surface area (Å²) in [7, 11) is 2.88. The van der Waals surface area contributed by atoms with Crippen molar-refractivity contribution >= 4 is 16.8 Å². The zero-order chi connectivity index (χ0) is 26.1. The summed E-state index contributed by atoms with van der Waals surface area (Å²) < 4.78 is 16.2. The number of aromatic amines is 1. The van der Waals surface area contributed by atoms with Crippen LogP contribution in [0.5, 0.6) is 17.2 Å². The Labute approximate surface area is 212 Å². The van der Waals surface area contributed by atoms with Crippen LogP contribution in [0, 0.1) is 0 Å². The van der Waals surface area contributed by atoms with Gasteiger partial charge in [-0.2, -0.15) is 0 Å². The Kier molecular flexibility index (Phi) is 6.62. The van der Waals surface area contributed by atoms with Gasteiger partial charge < -0.3 is 34.0 Å². The maximum absolute atomic E-state index is 13.6. The molecular formula is C28H28N2O7. The van der Waals surface area contributed by atoms with E-state index >= 15 is 0 Å². The normalized spacial score (nSPS) is 13.9. The molecule has 0 fully saturated rings. The smallest absolute Gasteiger partial charge is 0.227 e. The Morgan fingerprint density at radius 2 is 1.97 bits per heavy atom. The maximum Gasteiger partial charge on any atom is 0.227 e. The van der Waals surface area contributed by atoms with Crippen LogP contribution in [0.15, 0.2) is 57.7 Å². The van der Waals surface area contributed by atoms with Crippen LogP contribution >= 0.6 is 0 Å². The zero-order valence-electron chi connectivity index (χ0n) is 20.6. The monoisotopic (exact) mass is 504 g/mol. The number of fused-ring (bicyclic) bond motifs is 3. The van der Waals surface area contributed by atoms with Gasteiger partial charge in [-0.25, -0.2) is 0 Å². The highest BCUT2D eigenvalue weighted by molar-refractivity contribution is 5.86. The molecule has 192 valence electrons. The molecule has 0 spiro atoms. The summed E-state index contributed by atoms with van der Waals surface area (Å²) in [6.45, 7) is 0.991. The first-order valence-corrected chi connectivity index (χ1v) is 12.0. The molecular weight excluding hydrogens is 476 g/mol. The number of aromatic nitrogens is 1. The van der Waals surface area contributed by atoms with Crippen molar-refractivity contribution in [1.82, 2.24) is 9.88 Å². The van der Waals surface area contributed by atoms with E-state index in [0.29, 0.717) is 25.1 Å². The van der Waals surface area contributed by atoms with Crippen LogP contribution in [0.4, 0.5) is 0 Å². The highest BCUT2D eigenvalue weighted by Crippen LogP contribution is 2.38. The Morgan fingerprint density at radius 3 is 2.76 bits per heavy atom. The molecule has 0 saturated carbocycles. The Morgan fingerprint density at radius 1 is 1.16 bits per heavy atom. The average Bonchev–Trinajstić information content (AvgIpc) is 3.28. The van der Waals surface area contributed by atoms with Gasteiger partial charge in [0, 0.05) is 42.7 Å². The fraction of sp³-hybridized carbons (Fsp3) is 0.286. The number of nitrogens with one attached hydrogen (secondary N) is 1. The fourth-order valence-corrected chi connectivity index (χ4v) is 4.99. The highest BCUT2D eigenvalue weighted by Gasteiger charge is 2.31. The van der Waals surface area contributed by atoms with Gasteiger partial charge in [-0.3, -0.25) is 9.59 Å². The Hall–Kier alpha value is -4.24. The van der Waals surface area contributed by atoms with Crippen molar-refractivity contribution in [3.63, 3.8) is 0 Å². The predicted molar refractivity (Wildman–Crippen MR) is 136 cm³/mol. The summed E-state index contributed by atoms with van der Waals surface area (Å²) in [4.78, 5) is 31.3. The van der Waals surface area contributed by atoms with Gasteiger partial charge in [0.05, 0.1) is 19.6 Å². The molecule has 1 atom stereocenters. The quantitative estimate of drug-likeness (QED) is 0.350. The number of aromatic hydroxyl groups is 2. The number of hydrogen-bond donors (Lipinski definition) is 3. The molecule has 4 aromatic rings. The number of H-pyrrole nitrogens is 1. The van der Waals surface area contributed by atoms with Crippen LogP contribution in [0.1, 0.15) is 40.7 Å². The predicted octanol–water partition coefficient (Wildman–Crippen LogP) is 3.79. The number of nitrogens with zero attached hydrogens (tertiary/aromatic N) is 1. The molecule has 9 heteroatoms. The minimum Gasteiger partial charge on any atom is -0.504 e. The third-order valence-electron chi connectivity index (χ3n) is 6.82. The van der Waals surface area contributed by atoms with Gasteiger partial charge in [0.15, 0.2) is 17.3 Å². The van der Waals surface area contributed by atoms with E-state index in [0.717, 1.165) is 11.2 Å². The average molecular weight is 505 g/mol. The van der Waals surface area contributed by atoms with Crippen molar-refractivity contribution < 1.29 is 28.9 Å². The second-order valence-electron chi connectivity index (χ2n) is 9.10. The van der Waals surface area contributed by atoms with Gasteiger partial charge in [-0.15, -0.1) is 0 Å². The van der Waals surface area contributed by atoms with Gasteiger partial charge >= 0.3 is 0 Å². The lowest BCUT2D eigenvalue weighted by molar-refractivity contribution is -0.132. The third kappa shape index (κ3) is 4.65. The van der Waals surface area contributed by atoms with Crippen molar-refractivity contribution in [2.45, 2.75) is 31.9 Å². The number of carbonyl (C=O) groups is 1. The highest BCUT2D eigenvalue weighted by atomic mass is 16.5. The molecule has 0 bridgehead atoms. The molecule has 0 radical (unpaired) electrons. The lowest BCUT2D eigenvalue weighted by atomic mass is 9.90. The Balaban J connectivity index is 1.50. The Bertz CT molecular complexity index is 1520. The number of benzene rings is 2. The largest absolute Gasteiger partial charge is 0.504 e. The molecule has 1 amide bonds. The van der Waals surface area contributed by atoms with Gasteiger partial charge in [0.2, 0.25) is 17.1 Å². The number of ether oxygens (including phenoxy) is 2. The van der Waals surface area contributed by atoms with E-state index in [1.807, 2.05) is 18.2 Å². The van der Waals surface area contributed by atoms with Crippen LogP contribution in [0.2, 0.25) is 0 Å². The van der Waals surface area contributed by atoms with Crippen molar-refractivity contribution in [1.29, 1.82) is 0 Å². The number of carbonyl (C=O) groups excluding carboxylic acids is 1. The zero-order valence-corrected chi connectivity index (χ0v) is 20.6. The van der Waals surface area contributed by atoms with Crippen LogP contribution < -0.4 is 10.2 Å². The number of phenols is 1. The number of rotatable bonds is 7. The summed E-state index contributed by atoms with van der Waals surface area (Å²) in [5, 5.41) is 21.9. The molecule has 1 aliphatic rings. The van der Waals surface area contributed by atoms with E-state index in [-0.39, 0.29) is 42.0 Å². The number of methoxy groups -OCH3 is 2. The molecule has 0 saturated heterocycles. The number of para-hydroxylation sites is 1. The third-order valence-corrected chi connectivity index (χ3v) is 6.82. The minimum absolute atomic E-state index is 0.0252. The van der Waals surface area contributed by atoms with Gasteiger partial charge in [-0.1, -0.05) is 24.3 Å². The molecule has 2 aromatic carbocycles. The molecule has 1 aliphatic heterocycles. The molecule has 37 heavy (non-hydrogen) atoms. The molecule has 9 nitrogen and oxygen atoms in total. The number of hydrogen-bond acceptors (Lipinski definition) is 7. The summed E-state index contributed by atoms with van der Waals surface area (Å²) in [6.07, 6.45) is 0.642. The van der Waals surface area contributed by atoms with E-state index in [2.05, 4.69) is 11.1 Å². The van der Waals surface area contributed by atoms with Crippen molar-refractivity contribution in [3.8, 4) is 17.2 Å². The van der Waals surface area contributed by atoms with Crippen LogP contribution in [0.25, 0.3) is 10.9 Å². The topological polar surface area (TPSA) is 125 Å². The first-order valence-electron chi connectivity index (χ1n) is 12.0. The second-order valence-corrected chi connectivity index (χ2v) is 9.10. The van der Waals surface area contributed by atoms with Gasteiger partial charge in [0.25, 0.3) is 0 Å². The fourth-order valence-electron chi connectivity index (χ4n) is 4.99. The summed E-state index contributed by atoms with van der Waals surface area (Å²) in [5.41, 5.74) is 3.17. The van der Waals surface area contributed by atoms with Gasteiger partial charge in [-0.05, 0) is 35.7 Å². The maximum atomic E-state index is 13.6. The summed E-state index contributed by atoms with van der Waals surface area (Å²) >= 11 is 0. The standard InChI is InChI=1S/C28H28N2O7/c1-35-15-17-12-24(32)27(34)28(37-17)20(16-7-8-23(31)25(11-16)36-2)13-26(33)30-10-9-19-18-5-3-4-6-21(18)29-22(19)14-30/h3-8,11-12,20,29,31,34H,9-10,13-15H2,1-2H3/t20-/m1/s1. The van der Waals surface area contributed by atoms with E-state index in [1.54, 1.807) is 17.0 Å². The minimum atomic E-state index is -0.810. The first-order chi connectivity index (χ1) is 17.9. The molecule has 3 heterocycles. The first kappa shape index (κ1) is 24.5. The van der Waals surface area contributed by atoms with Crippen LogP contribution in [0.3, 0.4) is 0 Å². The van der Waals surface area contributed by atoms with Gasteiger partial charge in [0.1, 0.15) is 12.4 Å². The van der Waals surface area contributed by atoms with Crippen molar-refractivity contribution in [2.75, 3.05) is 20.8 Å². The van der Waals surface area contributed by atoms with Crippen LogP contribution in [-0.2, 0) is 29.1 Å². The number of amides is 1. The molecule has 3 N–H and O–H groups in total. The van der Waals surface area contributed by atoms with Crippen LogP contribution in [-0.4, -0.2) is 46.8 Å².